The molecule has 1 aromatic carbocycles. The smallest absolute Gasteiger partial charge is 0.295 e. The first-order valence-corrected chi connectivity index (χ1v) is 10.9. The van der Waals surface area contributed by atoms with Crippen molar-refractivity contribution in [2.75, 3.05) is 13.2 Å². The van der Waals surface area contributed by atoms with Crippen molar-refractivity contribution in [3.8, 4) is 5.75 Å². The third-order valence-electron chi connectivity index (χ3n) is 5.10. The quantitative estimate of drug-likeness (QED) is 0.284. The van der Waals surface area contributed by atoms with E-state index in [0.29, 0.717) is 18.7 Å². The highest BCUT2D eigenvalue weighted by atomic mass is 32.1. The highest BCUT2D eigenvalue weighted by molar-refractivity contribution is 7.10. The fourth-order valence-corrected chi connectivity index (χ4v) is 4.50. The normalized spacial score (nSPS) is 18.4. The van der Waals surface area contributed by atoms with Crippen molar-refractivity contribution in [3.05, 3.63) is 57.3 Å². The lowest BCUT2D eigenvalue weighted by molar-refractivity contribution is -0.139. The molecule has 3 rings (SSSR count). The van der Waals surface area contributed by atoms with Crippen LogP contribution in [0.4, 0.5) is 0 Å². The Kier molecular flexibility index (Phi) is 6.75. The molecular formula is C23H27NO4S. The van der Waals surface area contributed by atoms with Gasteiger partial charge in [-0.05, 0) is 55.5 Å². The second-order valence-electron chi connectivity index (χ2n) is 7.13. The largest absolute Gasteiger partial charge is 0.507 e. The fourth-order valence-electron chi connectivity index (χ4n) is 3.66. The Hall–Kier alpha value is -2.60. The number of hydrogen-bond donors (Lipinski definition) is 1. The van der Waals surface area contributed by atoms with Crippen LogP contribution in [0.15, 0.2) is 41.3 Å². The lowest BCUT2D eigenvalue weighted by Crippen LogP contribution is -2.30. The van der Waals surface area contributed by atoms with Crippen molar-refractivity contribution in [1.29, 1.82) is 0 Å². The summed E-state index contributed by atoms with van der Waals surface area (Å²) in [6.45, 7) is 6.95. The van der Waals surface area contributed by atoms with Crippen LogP contribution < -0.4 is 4.74 Å². The zero-order valence-electron chi connectivity index (χ0n) is 17.1. The van der Waals surface area contributed by atoms with Crippen molar-refractivity contribution in [1.82, 2.24) is 4.90 Å². The van der Waals surface area contributed by atoms with Gasteiger partial charge in [0, 0.05) is 17.0 Å². The monoisotopic (exact) mass is 413 g/mol. The lowest BCUT2D eigenvalue weighted by atomic mass is 9.98. The molecule has 2 aromatic rings. The highest BCUT2D eigenvalue weighted by Crippen LogP contribution is 2.41. The number of hydrogen-bond acceptors (Lipinski definition) is 5. The number of unbranched alkanes of at least 4 members (excludes halogenated alkanes) is 2. The van der Waals surface area contributed by atoms with Crippen molar-refractivity contribution in [2.24, 2.45) is 0 Å². The third-order valence-corrected chi connectivity index (χ3v) is 6.03. The molecule has 1 unspecified atom stereocenters. The van der Waals surface area contributed by atoms with E-state index in [1.807, 2.05) is 31.4 Å². The molecule has 0 spiro atoms. The molecule has 1 saturated heterocycles. The number of carbonyl (C=O) groups is 2. The SMILES string of the molecule is CCCCCN1C(=O)C(=O)/C(=C(\O)c2ccc(OCC)c(C)c2)C1c1cccs1. The van der Waals surface area contributed by atoms with E-state index in [4.69, 9.17) is 4.74 Å². The molecule has 1 aliphatic heterocycles. The highest BCUT2D eigenvalue weighted by Gasteiger charge is 2.46. The Morgan fingerprint density at radius 3 is 2.62 bits per heavy atom. The fraction of sp³-hybridized carbons (Fsp3) is 0.391. The molecule has 1 fully saturated rings. The maximum Gasteiger partial charge on any atom is 0.295 e. The van der Waals surface area contributed by atoms with E-state index >= 15 is 0 Å². The molecule has 1 amide bonds. The van der Waals surface area contributed by atoms with E-state index in [0.717, 1.165) is 35.5 Å². The number of rotatable bonds is 8. The maximum absolute atomic E-state index is 12.9. The van der Waals surface area contributed by atoms with E-state index in [2.05, 4.69) is 6.92 Å². The first-order valence-electron chi connectivity index (χ1n) is 10.0. The summed E-state index contributed by atoms with van der Waals surface area (Å²) in [4.78, 5) is 28.2. The number of aliphatic hydroxyl groups is 1. The average molecular weight is 414 g/mol. The number of benzene rings is 1. The Balaban J connectivity index is 2.05. The molecule has 2 heterocycles. The summed E-state index contributed by atoms with van der Waals surface area (Å²) >= 11 is 1.48. The van der Waals surface area contributed by atoms with Crippen molar-refractivity contribution >= 4 is 28.8 Å². The maximum atomic E-state index is 12.9. The number of nitrogens with zero attached hydrogens (tertiary/aromatic N) is 1. The number of ether oxygens (including phenoxy) is 1. The Bertz CT molecular complexity index is 917. The molecule has 1 N–H and O–H groups in total. The molecule has 29 heavy (non-hydrogen) atoms. The number of carbonyl (C=O) groups excluding carboxylic acids is 2. The summed E-state index contributed by atoms with van der Waals surface area (Å²) in [5, 5.41) is 13.0. The molecule has 0 radical (unpaired) electrons. The molecule has 0 saturated carbocycles. The standard InChI is InChI=1S/C23H27NO4S/c1-4-6-7-12-24-20(18-9-8-13-29-18)19(22(26)23(24)27)21(25)16-10-11-17(28-5-2)15(3)14-16/h8-11,13-14,20,25H,4-7,12H2,1-3H3/b21-19-. The van der Waals surface area contributed by atoms with Crippen LogP contribution in [0.1, 0.15) is 55.2 Å². The van der Waals surface area contributed by atoms with Gasteiger partial charge in [-0.25, -0.2) is 0 Å². The molecule has 1 aliphatic rings. The number of Topliss-reactive ketones (excluding diaryl/α,β-unsaturated/α-hetero) is 1. The minimum absolute atomic E-state index is 0.133. The van der Waals surface area contributed by atoms with Gasteiger partial charge in [0.1, 0.15) is 11.5 Å². The van der Waals surface area contributed by atoms with E-state index < -0.39 is 17.7 Å². The molecule has 0 bridgehead atoms. The predicted molar refractivity (Wildman–Crippen MR) is 115 cm³/mol. The number of aryl methyl sites for hydroxylation is 1. The van der Waals surface area contributed by atoms with Gasteiger partial charge in [0.25, 0.3) is 11.7 Å². The zero-order valence-corrected chi connectivity index (χ0v) is 17.9. The van der Waals surface area contributed by atoms with Gasteiger partial charge in [-0.2, -0.15) is 0 Å². The summed E-state index contributed by atoms with van der Waals surface area (Å²) in [5.74, 6) is -0.558. The van der Waals surface area contributed by atoms with Gasteiger partial charge in [-0.1, -0.05) is 25.8 Å². The zero-order chi connectivity index (χ0) is 21.0. The minimum atomic E-state index is -0.621. The topological polar surface area (TPSA) is 66.8 Å². The van der Waals surface area contributed by atoms with Crippen LogP contribution in [0.5, 0.6) is 5.75 Å². The van der Waals surface area contributed by atoms with Crippen LogP contribution in [0.2, 0.25) is 0 Å². The van der Waals surface area contributed by atoms with Crippen LogP contribution >= 0.6 is 11.3 Å². The van der Waals surface area contributed by atoms with Gasteiger partial charge in [-0.15, -0.1) is 11.3 Å². The number of ketones is 1. The molecular weight excluding hydrogens is 386 g/mol. The number of amides is 1. The van der Waals surface area contributed by atoms with E-state index in [1.54, 1.807) is 23.1 Å². The number of thiophene rings is 1. The van der Waals surface area contributed by atoms with Crippen molar-refractivity contribution in [2.45, 2.75) is 46.1 Å². The summed E-state index contributed by atoms with van der Waals surface area (Å²) < 4.78 is 5.56. The van der Waals surface area contributed by atoms with Gasteiger partial charge in [0.15, 0.2) is 0 Å². The average Bonchev–Trinajstić information content (AvgIpc) is 3.32. The van der Waals surface area contributed by atoms with E-state index in [-0.39, 0.29) is 11.3 Å². The minimum Gasteiger partial charge on any atom is -0.507 e. The molecule has 1 atom stereocenters. The number of aliphatic hydroxyl groups excluding tert-OH is 1. The molecule has 0 aliphatic carbocycles. The van der Waals surface area contributed by atoms with Gasteiger partial charge in [0.2, 0.25) is 0 Å². The molecule has 5 nitrogen and oxygen atoms in total. The van der Waals surface area contributed by atoms with Crippen LogP contribution in [0.3, 0.4) is 0 Å². The second-order valence-corrected chi connectivity index (χ2v) is 8.11. The van der Waals surface area contributed by atoms with E-state index in [9.17, 15) is 14.7 Å². The van der Waals surface area contributed by atoms with Gasteiger partial charge in [0.05, 0.1) is 18.2 Å². The first-order chi connectivity index (χ1) is 14.0. The van der Waals surface area contributed by atoms with Gasteiger partial charge in [-0.3, -0.25) is 9.59 Å². The van der Waals surface area contributed by atoms with Crippen LogP contribution in [-0.2, 0) is 9.59 Å². The van der Waals surface area contributed by atoms with Crippen molar-refractivity contribution in [3.63, 3.8) is 0 Å². The Morgan fingerprint density at radius 2 is 2.00 bits per heavy atom. The third kappa shape index (κ3) is 4.22. The Labute approximate surface area is 175 Å². The first kappa shape index (κ1) is 21.1. The summed E-state index contributed by atoms with van der Waals surface area (Å²) in [5.41, 5.74) is 1.54. The van der Waals surface area contributed by atoms with Crippen LogP contribution in [0.25, 0.3) is 5.76 Å². The van der Waals surface area contributed by atoms with Gasteiger partial charge >= 0.3 is 0 Å². The van der Waals surface area contributed by atoms with Crippen molar-refractivity contribution < 1.29 is 19.4 Å². The predicted octanol–water partition coefficient (Wildman–Crippen LogP) is 5.07. The molecule has 1 aromatic heterocycles. The molecule has 6 heteroatoms. The summed E-state index contributed by atoms with van der Waals surface area (Å²) in [6.07, 6.45) is 2.84. The molecule has 154 valence electrons. The van der Waals surface area contributed by atoms with E-state index in [1.165, 1.54) is 11.3 Å². The van der Waals surface area contributed by atoms with Crippen LogP contribution in [-0.4, -0.2) is 34.8 Å². The second kappa shape index (κ2) is 9.27. The van der Waals surface area contributed by atoms with Gasteiger partial charge < -0.3 is 14.7 Å². The van der Waals surface area contributed by atoms with Crippen LogP contribution in [0, 0.1) is 6.92 Å². The lowest BCUT2D eigenvalue weighted by Gasteiger charge is -2.24. The Morgan fingerprint density at radius 1 is 1.21 bits per heavy atom. The number of likely N-dealkylation sites (tertiary alicyclic amines) is 1. The summed E-state index contributed by atoms with van der Waals surface area (Å²) in [6, 6.07) is 8.56. The summed E-state index contributed by atoms with van der Waals surface area (Å²) in [7, 11) is 0.